The maximum absolute atomic E-state index is 11.6. The Hall–Kier alpha value is -3.02. The van der Waals surface area contributed by atoms with Crippen LogP contribution in [0.2, 0.25) is 0 Å². The van der Waals surface area contributed by atoms with Crippen molar-refractivity contribution in [1.29, 1.82) is 0 Å². The van der Waals surface area contributed by atoms with Gasteiger partial charge in [0.15, 0.2) is 5.58 Å². The van der Waals surface area contributed by atoms with Crippen LogP contribution in [0.3, 0.4) is 0 Å². The summed E-state index contributed by atoms with van der Waals surface area (Å²) >= 11 is 0. The molecule has 1 amide bonds. The second-order valence-electron chi connectivity index (χ2n) is 5.08. The Bertz CT molecular complexity index is 852. The molecule has 0 unspecified atom stereocenters. The van der Waals surface area contributed by atoms with E-state index in [1.165, 1.54) is 0 Å². The van der Waals surface area contributed by atoms with Crippen molar-refractivity contribution in [3.8, 4) is 0 Å². The van der Waals surface area contributed by atoms with Crippen LogP contribution in [0.1, 0.15) is 11.1 Å². The van der Waals surface area contributed by atoms with E-state index in [1.54, 1.807) is 6.07 Å². The van der Waals surface area contributed by atoms with Gasteiger partial charge >= 0.3 is 11.8 Å². The topological polar surface area (TPSA) is 84.3 Å². The van der Waals surface area contributed by atoms with Gasteiger partial charge in [-0.25, -0.2) is 9.59 Å². The molecule has 0 fully saturated rings. The van der Waals surface area contributed by atoms with Gasteiger partial charge in [0.2, 0.25) is 0 Å². The van der Waals surface area contributed by atoms with Gasteiger partial charge < -0.3 is 14.5 Å². The fourth-order valence-corrected chi connectivity index (χ4v) is 2.24. The van der Waals surface area contributed by atoms with Crippen LogP contribution in [0, 0.1) is 0 Å². The molecule has 2 aromatic carbocycles. The normalized spacial score (nSPS) is 10.6. The van der Waals surface area contributed by atoms with Crippen LogP contribution in [-0.4, -0.2) is 17.6 Å². The highest BCUT2D eigenvalue weighted by Gasteiger charge is 2.04. The predicted octanol–water partition coefficient (Wildman–Crippen LogP) is 2.59. The molecular weight excluding hydrogens is 296 g/mol. The molecule has 1 aromatic heterocycles. The van der Waals surface area contributed by atoms with Crippen molar-refractivity contribution in [3.63, 3.8) is 0 Å². The first-order valence-corrected chi connectivity index (χ1v) is 7.27. The largest absolute Gasteiger partial charge is 0.445 e. The van der Waals surface area contributed by atoms with E-state index >= 15 is 0 Å². The molecule has 0 saturated heterocycles. The van der Waals surface area contributed by atoms with Gasteiger partial charge in [0.05, 0.1) is 5.52 Å². The van der Waals surface area contributed by atoms with Crippen molar-refractivity contribution in [3.05, 3.63) is 70.2 Å². The van der Waals surface area contributed by atoms with Crippen LogP contribution in [0.15, 0.2) is 57.7 Å². The molecule has 118 valence electrons. The van der Waals surface area contributed by atoms with Crippen LogP contribution in [0.4, 0.5) is 4.79 Å². The molecule has 6 nitrogen and oxygen atoms in total. The fraction of sp³-hybridized carbons (Fsp3) is 0.176. The molecule has 0 atom stereocenters. The number of aromatic nitrogens is 1. The van der Waals surface area contributed by atoms with E-state index in [0.29, 0.717) is 24.1 Å². The highest BCUT2D eigenvalue weighted by atomic mass is 16.5. The minimum atomic E-state index is -0.472. The molecule has 2 N–H and O–H groups in total. The van der Waals surface area contributed by atoms with E-state index < -0.39 is 11.8 Å². The zero-order valence-corrected chi connectivity index (χ0v) is 12.4. The second-order valence-corrected chi connectivity index (χ2v) is 5.08. The number of hydrogen-bond donors (Lipinski definition) is 2. The number of oxazole rings is 1. The minimum absolute atomic E-state index is 0.245. The number of aromatic amines is 1. The number of rotatable bonds is 5. The van der Waals surface area contributed by atoms with Crippen LogP contribution >= 0.6 is 0 Å². The van der Waals surface area contributed by atoms with Crippen molar-refractivity contribution in [1.82, 2.24) is 10.3 Å². The number of amides is 1. The van der Waals surface area contributed by atoms with Gasteiger partial charge in [-0.1, -0.05) is 36.4 Å². The van der Waals surface area contributed by atoms with Gasteiger partial charge in [0, 0.05) is 6.54 Å². The van der Waals surface area contributed by atoms with Crippen molar-refractivity contribution in [2.45, 2.75) is 13.0 Å². The number of fused-ring (bicyclic) bond motifs is 1. The molecule has 3 aromatic rings. The summed E-state index contributed by atoms with van der Waals surface area (Å²) in [5.74, 6) is -0.472. The van der Waals surface area contributed by atoms with Gasteiger partial charge in [-0.05, 0) is 29.7 Å². The van der Waals surface area contributed by atoms with Gasteiger partial charge in [0.25, 0.3) is 0 Å². The lowest BCUT2D eigenvalue weighted by atomic mass is 10.1. The highest BCUT2D eigenvalue weighted by Crippen LogP contribution is 2.12. The molecule has 23 heavy (non-hydrogen) atoms. The van der Waals surface area contributed by atoms with Gasteiger partial charge in [-0.3, -0.25) is 4.98 Å². The molecule has 0 saturated carbocycles. The van der Waals surface area contributed by atoms with Crippen molar-refractivity contribution >= 4 is 17.2 Å². The average Bonchev–Trinajstić information content (AvgIpc) is 2.93. The highest BCUT2D eigenvalue weighted by molar-refractivity contribution is 5.72. The summed E-state index contributed by atoms with van der Waals surface area (Å²) in [6.07, 6.45) is 0.176. The van der Waals surface area contributed by atoms with Crippen molar-refractivity contribution < 1.29 is 13.9 Å². The summed E-state index contributed by atoms with van der Waals surface area (Å²) < 4.78 is 10.1. The van der Waals surface area contributed by atoms with E-state index in [4.69, 9.17) is 9.15 Å². The summed E-state index contributed by atoms with van der Waals surface area (Å²) in [7, 11) is 0. The van der Waals surface area contributed by atoms with Gasteiger partial charge in [-0.2, -0.15) is 0 Å². The number of benzene rings is 2. The fourth-order valence-electron chi connectivity index (χ4n) is 2.24. The Morgan fingerprint density at radius 2 is 1.96 bits per heavy atom. The Kier molecular flexibility index (Phi) is 4.42. The number of carbonyl (C=O) groups excluding carboxylic acids is 1. The maximum atomic E-state index is 11.6. The zero-order chi connectivity index (χ0) is 16.1. The summed E-state index contributed by atoms with van der Waals surface area (Å²) in [6.45, 7) is 0.691. The number of ether oxygens (including phenoxy) is 1. The lowest BCUT2D eigenvalue weighted by Gasteiger charge is -2.07. The predicted molar refractivity (Wildman–Crippen MR) is 85.2 cm³/mol. The van der Waals surface area contributed by atoms with E-state index in [2.05, 4.69) is 10.3 Å². The first kappa shape index (κ1) is 14.9. The molecule has 0 bridgehead atoms. The first-order valence-electron chi connectivity index (χ1n) is 7.27. The van der Waals surface area contributed by atoms with Crippen LogP contribution in [-0.2, 0) is 17.8 Å². The van der Waals surface area contributed by atoms with Crippen molar-refractivity contribution in [2.75, 3.05) is 6.54 Å². The molecule has 1 heterocycles. The van der Waals surface area contributed by atoms with Crippen LogP contribution < -0.4 is 11.1 Å². The molecule has 0 aliphatic heterocycles. The third-order valence-electron chi connectivity index (χ3n) is 3.38. The zero-order valence-electron chi connectivity index (χ0n) is 12.4. The van der Waals surface area contributed by atoms with E-state index in [9.17, 15) is 9.59 Å². The maximum Gasteiger partial charge on any atom is 0.417 e. The van der Waals surface area contributed by atoms with E-state index in [0.717, 1.165) is 11.1 Å². The van der Waals surface area contributed by atoms with E-state index in [1.807, 2.05) is 42.5 Å². The van der Waals surface area contributed by atoms with Crippen LogP contribution in [0.5, 0.6) is 0 Å². The minimum Gasteiger partial charge on any atom is -0.445 e. The SMILES string of the molecule is O=C(NCCc1ccc2oc(=O)[nH]c2c1)OCc1ccccc1. The third-order valence-corrected chi connectivity index (χ3v) is 3.38. The van der Waals surface area contributed by atoms with Crippen molar-refractivity contribution in [2.24, 2.45) is 0 Å². The standard InChI is InChI=1S/C17H16N2O4/c20-16(22-11-13-4-2-1-3-5-13)18-9-8-12-6-7-15-14(10-12)19-17(21)23-15/h1-7,10H,8-9,11H2,(H,18,20)(H,19,21). The Morgan fingerprint density at radius 1 is 1.13 bits per heavy atom. The number of hydrogen-bond acceptors (Lipinski definition) is 4. The summed E-state index contributed by atoms with van der Waals surface area (Å²) in [5, 5.41) is 2.70. The summed E-state index contributed by atoms with van der Waals surface area (Å²) in [4.78, 5) is 25.3. The summed E-state index contributed by atoms with van der Waals surface area (Å²) in [6, 6.07) is 14.9. The quantitative estimate of drug-likeness (QED) is 0.758. The van der Waals surface area contributed by atoms with E-state index in [-0.39, 0.29) is 6.61 Å². The summed E-state index contributed by atoms with van der Waals surface area (Å²) in [5.41, 5.74) is 3.10. The monoisotopic (exact) mass is 312 g/mol. The second kappa shape index (κ2) is 6.83. The number of carbonyl (C=O) groups is 1. The number of nitrogens with one attached hydrogen (secondary N) is 2. The molecule has 3 rings (SSSR count). The van der Waals surface area contributed by atoms with Gasteiger partial charge in [-0.15, -0.1) is 0 Å². The molecule has 0 radical (unpaired) electrons. The first-order chi connectivity index (χ1) is 11.2. The Balaban J connectivity index is 1.46. The lowest BCUT2D eigenvalue weighted by molar-refractivity contribution is 0.140. The third kappa shape index (κ3) is 4.00. The van der Waals surface area contributed by atoms with Crippen LogP contribution in [0.25, 0.3) is 11.1 Å². The smallest absolute Gasteiger partial charge is 0.417 e. The Morgan fingerprint density at radius 3 is 2.78 bits per heavy atom. The molecule has 0 aliphatic carbocycles. The number of H-pyrrole nitrogens is 1. The average molecular weight is 312 g/mol. The molecule has 0 aliphatic rings. The Labute approximate surface area is 132 Å². The molecule has 6 heteroatoms. The van der Waals surface area contributed by atoms with Gasteiger partial charge in [0.1, 0.15) is 6.61 Å². The lowest BCUT2D eigenvalue weighted by Crippen LogP contribution is -2.26. The number of alkyl carbamates (subject to hydrolysis) is 1. The molecule has 0 spiro atoms. The molecular formula is C17H16N2O4.